The van der Waals surface area contributed by atoms with Crippen molar-refractivity contribution in [3.63, 3.8) is 0 Å². The Balaban J connectivity index is 2.05. The highest BCUT2D eigenvalue weighted by molar-refractivity contribution is 7.99. The van der Waals surface area contributed by atoms with E-state index in [0.717, 1.165) is 4.90 Å². The van der Waals surface area contributed by atoms with Gasteiger partial charge in [-0.25, -0.2) is 0 Å². The predicted molar refractivity (Wildman–Crippen MR) is 104 cm³/mol. The van der Waals surface area contributed by atoms with Crippen LogP contribution >= 0.6 is 11.8 Å². The van der Waals surface area contributed by atoms with Gasteiger partial charge >= 0.3 is 0 Å². The number of ether oxygens (including phenoxy) is 4. The molecule has 7 heteroatoms. The van der Waals surface area contributed by atoms with Crippen LogP contribution in [0.3, 0.4) is 0 Å². The first-order valence-corrected chi connectivity index (χ1v) is 8.81. The van der Waals surface area contributed by atoms with Crippen molar-refractivity contribution >= 4 is 11.8 Å². The number of hydrogen-bond donors (Lipinski definition) is 0. The largest absolute Gasteiger partial charge is 0.497 e. The van der Waals surface area contributed by atoms with Crippen LogP contribution in [0.4, 0.5) is 0 Å². The van der Waals surface area contributed by atoms with Gasteiger partial charge in [-0.05, 0) is 42.0 Å². The average molecular weight is 386 g/mol. The first-order valence-electron chi connectivity index (χ1n) is 7.99. The summed E-state index contributed by atoms with van der Waals surface area (Å²) in [6.45, 7) is 0. The van der Waals surface area contributed by atoms with Crippen LogP contribution in [0.25, 0.3) is 11.1 Å². The van der Waals surface area contributed by atoms with Crippen LogP contribution in [0.15, 0.2) is 55.8 Å². The minimum absolute atomic E-state index is 0.347. The molecule has 0 saturated carbocycles. The summed E-state index contributed by atoms with van der Waals surface area (Å²) in [5, 5.41) is 0. The Morgan fingerprint density at radius 3 is 1.81 bits per heavy atom. The smallest absolute Gasteiger partial charge is 0.241 e. The molecule has 0 aliphatic rings. The Hall–Kier alpha value is -2.93. The van der Waals surface area contributed by atoms with Gasteiger partial charge < -0.3 is 18.9 Å². The summed E-state index contributed by atoms with van der Waals surface area (Å²) in [5.74, 6) is 1.97. The number of benzene rings is 2. The summed E-state index contributed by atoms with van der Waals surface area (Å²) in [6, 6.07) is 10.6. The molecule has 0 amide bonds. The van der Waals surface area contributed by atoms with E-state index in [1.54, 1.807) is 31.4 Å². The lowest BCUT2D eigenvalue weighted by atomic mass is 10.0. The Kier molecular flexibility index (Phi) is 5.41. The normalized spacial score (nSPS) is 10.7. The van der Waals surface area contributed by atoms with E-state index in [-0.39, 0.29) is 0 Å². The molecule has 0 fully saturated rings. The zero-order valence-electron chi connectivity index (χ0n) is 15.3. The molecule has 0 aliphatic heterocycles. The van der Waals surface area contributed by atoms with E-state index in [0.29, 0.717) is 39.0 Å². The van der Waals surface area contributed by atoms with E-state index < -0.39 is 10.9 Å². The van der Waals surface area contributed by atoms with Crippen LogP contribution in [0.1, 0.15) is 0 Å². The van der Waals surface area contributed by atoms with Crippen LogP contribution in [-0.4, -0.2) is 28.4 Å². The Labute approximate surface area is 160 Å². The molecule has 0 spiro atoms. The molecule has 27 heavy (non-hydrogen) atoms. The zero-order valence-corrected chi connectivity index (χ0v) is 16.1. The minimum atomic E-state index is -0.528. The molecule has 0 saturated heterocycles. The molecule has 0 heterocycles. The second-order valence-electron chi connectivity index (χ2n) is 5.55. The monoisotopic (exact) mass is 386 g/mol. The van der Waals surface area contributed by atoms with E-state index in [4.69, 9.17) is 18.9 Å². The minimum Gasteiger partial charge on any atom is -0.497 e. The fraction of sp³-hybridized carbons (Fsp3) is 0.200. The van der Waals surface area contributed by atoms with Crippen LogP contribution in [-0.2, 0) is 0 Å². The van der Waals surface area contributed by atoms with Crippen molar-refractivity contribution in [3.05, 3.63) is 56.8 Å². The number of rotatable bonds is 7. The van der Waals surface area contributed by atoms with Crippen LogP contribution < -0.4 is 29.8 Å². The van der Waals surface area contributed by atoms with Crippen molar-refractivity contribution in [2.75, 3.05) is 28.4 Å². The van der Waals surface area contributed by atoms with Crippen molar-refractivity contribution in [2.45, 2.75) is 9.79 Å². The average Bonchev–Trinajstić information content (AvgIpc) is 2.72. The van der Waals surface area contributed by atoms with Gasteiger partial charge in [0.1, 0.15) is 5.75 Å². The van der Waals surface area contributed by atoms with Crippen molar-refractivity contribution in [1.82, 2.24) is 0 Å². The third-order valence-electron chi connectivity index (χ3n) is 4.10. The maximum atomic E-state index is 12.3. The SMILES string of the molecule is COc1ccc(Sc2c(-c3cc(OC)c(OC)c(OC)c3)c(=O)c2=O)cc1. The van der Waals surface area contributed by atoms with Crippen LogP contribution in [0.2, 0.25) is 0 Å². The molecule has 140 valence electrons. The molecule has 0 unspecified atom stereocenters. The maximum absolute atomic E-state index is 12.3. The summed E-state index contributed by atoms with van der Waals surface area (Å²) in [5.41, 5.74) is -0.134. The summed E-state index contributed by atoms with van der Waals surface area (Å²) in [4.78, 5) is 25.6. The van der Waals surface area contributed by atoms with Crippen LogP contribution in [0.5, 0.6) is 23.0 Å². The van der Waals surface area contributed by atoms with Crippen molar-refractivity contribution < 1.29 is 18.9 Å². The van der Waals surface area contributed by atoms with E-state index >= 15 is 0 Å². The quantitative estimate of drug-likeness (QED) is 0.578. The predicted octanol–water partition coefficient (Wildman–Crippen LogP) is 3.14. The molecule has 0 bridgehead atoms. The Morgan fingerprint density at radius 1 is 0.741 bits per heavy atom. The molecule has 0 aromatic heterocycles. The van der Waals surface area contributed by atoms with Crippen molar-refractivity contribution in [3.8, 4) is 34.1 Å². The molecular formula is C20H18O6S. The number of methoxy groups -OCH3 is 4. The summed E-state index contributed by atoms with van der Waals surface area (Å²) >= 11 is 1.24. The topological polar surface area (TPSA) is 71.1 Å². The van der Waals surface area contributed by atoms with Gasteiger partial charge in [-0.1, -0.05) is 11.8 Å². The van der Waals surface area contributed by atoms with Crippen molar-refractivity contribution in [1.29, 1.82) is 0 Å². The summed E-state index contributed by atoms with van der Waals surface area (Å²) in [6.07, 6.45) is 0. The lowest BCUT2D eigenvalue weighted by Gasteiger charge is -2.16. The van der Waals surface area contributed by atoms with Gasteiger partial charge in [0, 0.05) is 4.90 Å². The van der Waals surface area contributed by atoms with E-state index in [1.807, 2.05) is 12.1 Å². The first-order chi connectivity index (χ1) is 13.0. The maximum Gasteiger partial charge on any atom is 0.241 e. The van der Waals surface area contributed by atoms with Crippen molar-refractivity contribution in [2.24, 2.45) is 0 Å². The molecule has 6 nitrogen and oxygen atoms in total. The highest BCUT2D eigenvalue weighted by atomic mass is 32.2. The first kappa shape index (κ1) is 18.8. The van der Waals surface area contributed by atoms with E-state index in [1.165, 1.54) is 33.1 Å². The highest BCUT2D eigenvalue weighted by Crippen LogP contribution is 2.43. The highest BCUT2D eigenvalue weighted by Gasteiger charge is 2.25. The van der Waals surface area contributed by atoms with Gasteiger partial charge in [0.15, 0.2) is 11.5 Å². The number of hydrogen-bond acceptors (Lipinski definition) is 7. The van der Waals surface area contributed by atoms with Crippen LogP contribution in [0, 0.1) is 0 Å². The fourth-order valence-electron chi connectivity index (χ4n) is 2.72. The van der Waals surface area contributed by atoms with Gasteiger partial charge in [0.2, 0.25) is 16.6 Å². The molecular weight excluding hydrogens is 368 g/mol. The molecule has 0 aliphatic carbocycles. The Morgan fingerprint density at radius 2 is 1.33 bits per heavy atom. The molecule has 0 N–H and O–H groups in total. The standard InChI is InChI=1S/C20H18O6S/c1-23-12-5-7-13(8-6-12)27-20-16(17(21)18(20)22)11-9-14(24-2)19(26-4)15(10-11)25-3/h5-10H,1-4H3. The van der Waals surface area contributed by atoms with E-state index in [9.17, 15) is 9.59 Å². The van der Waals surface area contributed by atoms with Gasteiger partial charge in [0.25, 0.3) is 0 Å². The lowest BCUT2D eigenvalue weighted by Crippen LogP contribution is -2.34. The molecule has 3 aromatic rings. The molecule has 0 atom stereocenters. The van der Waals surface area contributed by atoms with Gasteiger partial charge in [-0.15, -0.1) is 0 Å². The third-order valence-corrected chi connectivity index (χ3v) is 5.20. The van der Waals surface area contributed by atoms with E-state index in [2.05, 4.69) is 0 Å². The second-order valence-corrected chi connectivity index (χ2v) is 6.64. The third kappa shape index (κ3) is 3.38. The molecule has 3 rings (SSSR count). The van der Waals surface area contributed by atoms with Gasteiger partial charge in [0.05, 0.1) is 38.9 Å². The molecule has 0 radical (unpaired) electrons. The summed E-state index contributed by atoms with van der Waals surface area (Å²) in [7, 11) is 6.08. The molecule has 3 aromatic carbocycles. The fourth-order valence-corrected chi connectivity index (χ4v) is 3.72. The zero-order chi connectivity index (χ0) is 19.6. The van der Waals surface area contributed by atoms with Gasteiger partial charge in [-0.2, -0.15) is 0 Å². The second kappa shape index (κ2) is 7.75. The lowest BCUT2D eigenvalue weighted by molar-refractivity contribution is 0.324. The van der Waals surface area contributed by atoms with Gasteiger partial charge in [-0.3, -0.25) is 9.59 Å². The summed E-state index contributed by atoms with van der Waals surface area (Å²) < 4.78 is 21.1. The Bertz CT molecular complexity index is 1010.